The molecule has 1 saturated heterocycles. The summed E-state index contributed by atoms with van der Waals surface area (Å²) >= 11 is 0. The molecule has 0 unspecified atom stereocenters. The summed E-state index contributed by atoms with van der Waals surface area (Å²) in [5, 5.41) is 0. The number of aryl methyl sites for hydroxylation is 1. The van der Waals surface area contributed by atoms with E-state index in [9.17, 15) is 21.6 Å². The van der Waals surface area contributed by atoms with E-state index in [1.165, 1.54) is 12.1 Å². The molecular weight excluding hydrogens is 400 g/mol. The molecule has 1 fully saturated rings. The Bertz CT molecular complexity index is 1010. The van der Waals surface area contributed by atoms with E-state index in [1.54, 1.807) is 41.3 Å². The van der Waals surface area contributed by atoms with Gasteiger partial charge in [0.2, 0.25) is 5.91 Å². The van der Waals surface area contributed by atoms with Gasteiger partial charge >= 0.3 is 0 Å². The maximum absolute atomic E-state index is 12.5. The number of anilines is 1. The van der Waals surface area contributed by atoms with Crippen LogP contribution in [0, 0.1) is 6.92 Å². The van der Waals surface area contributed by atoms with E-state index < -0.39 is 32.2 Å². The molecule has 0 radical (unpaired) electrons. The summed E-state index contributed by atoms with van der Waals surface area (Å²) in [4.78, 5) is 16.5. The zero-order valence-electron chi connectivity index (χ0n) is 15.4. The van der Waals surface area contributed by atoms with E-state index in [2.05, 4.69) is 0 Å². The number of nitrogens with zero attached hydrogens (tertiary/aromatic N) is 2. The number of sulfone groups is 1. The highest BCUT2D eigenvalue weighted by atomic mass is 32.2. The zero-order valence-corrected chi connectivity index (χ0v) is 17.2. The van der Waals surface area contributed by atoms with Crippen molar-refractivity contribution in [3.63, 3.8) is 0 Å². The van der Waals surface area contributed by atoms with Crippen LogP contribution in [-0.4, -0.2) is 59.6 Å². The maximum Gasteiger partial charge on any atom is 0.238 e. The van der Waals surface area contributed by atoms with Crippen LogP contribution in [-0.2, 0) is 25.3 Å². The molecule has 9 heteroatoms. The number of rotatable bonds is 5. The molecule has 1 aliphatic rings. The Kier molecular flexibility index (Phi) is 6.04. The Balaban J connectivity index is 1.59. The van der Waals surface area contributed by atoms with E-state index in [-0.39, 0.29) is 9.79 Å². The third-order valence-electron chi connectivity index (χ3n) is 4.75. The molecule has 150 valence electrons. The standard InChI is InChI=1S/C19H22N2O5S2/c1-15-2-8-18(9-3-15)28(25,26)14-19(22)21-12-10-20(11-13-21)16-4-6-17(7-5-16)27(23)24/h2-9,27H,10-14H2,1H3. The zero-order chi connectivity index (χ0) is 20.3. The number of carbonyl (C=O) groups is 1. The molecule has 1 aliphatic heterocycles. The summed E-state index contributed by atoms with van der Waals surface area (Å²) in [7, 11) is -6.27. The number of benzene rings is 2. The average Bonchev–Trinajstić information content (AvgIpc) is 2.68. The molecule has 3 rings (SSSR count). The lowest BCUT2D eigenvalue weighted by Crippen LogP contribution is -2.50. The third-order valence-corrected chi connectivity index (χ3v) is 7.09. The van der Waals surface area contributed by atoms with Gasteiger partial charge in [-0.3, -0.25) is 4.79 Å². The molecule has 2 aromatic rings. The first-order chi connectivity index (χ1) is 13.3. The minimum Gasteiger partial charge on any atom is -0.368 e. The van der Waals surface area contributed by atoms with Crippen molar-refractivity contribution in [2.45, 2.75) is 16.7 Å². The highest BCUT2D eigenvalue weighted by molar-refractivity contribution is 7.92. The molecule has 0 N–H and O–H groups in total. The van der Waals surface area contributed by atoms with Crippen molar-refractivity contribution in [1.82, 2.24) is 4.90 Å². The van der Waals surface area contributed by atoms with Crippen molar-refractivity contribution in [2.24, 2.45) is 0 Å². The van der Waals surface area contributed by atoms with E-state index in [0.29, 0.717) is 26.2 Å². The lowest BCUT2D eigenvalue weighted by atomic mass is 10.2. The summed E-state index contributed by atoms with van der Waals surface area (Å²) in [6.07, 6.45) is 0. The molecule has 0 saturated carbocycles. The van der Waals surface area contributed by atoms with Crippen LogP contribution in [0.3, 0.4) is 0 Å². The van der Waals surface area contributed by atoms with Crippen molar-refractivity contribution in [3.05, 3.63) is 54.1 Å². The van der Waals surface area contributed by atoms with Crippen molar-refractivity contribution in [1.29, 1.82) is 0 Å². The molecule has 1 amide bonds. The minimum absolute atomic E-state index is 0.155. The van der Waals surface area contributed by atoms with Gasteiger partial charge in [0, 0.05) is 31.9 Å². The molecule has 0 atom stereocenters. The van der Waals surface area contributed by atoms with Gasteiger partial charge in [0.15, 0.2) is 20.5 Å². The SMILES string of the molecule is Cc1ccc(S(=O)(=O)CC(=O)N2CCN(c3ccc([SH](=O)=O)cc3)CC2)cc1. The molecule has 0 aromatic heterocycles. The van der Waals surface area contributed by atoms with Crippen molar-refractivity contribution in [2.75, 3.05) is 36.8 Å². The van der Waals surface area contributed by atoms with Gasteiger partial charge in [-0.15, -0.1) is 0 Å². The van der Waals surface area contributed by atoms with Crippen molar-refractivity contribution >= 4 is 32.1 Å². The molecule has 0 aliphatic carbocycles. The van der Waals surface area contributed by atoms with Gasteiger partial charge < -0.3 is 9.80 Å². The summed E-state index contributed by atoms with van der Waals surface area (Å²) < 4.78 is 46.9. The van der Waals surface area contributed by atoms with Gasteiger partial charge in [-0.05, 0) is 43.3 Å². The van der Waals surface area contributed by atoms with Crippen LogP contribution in [0.1, 0.15) is 5.56 Å². The van der Waals surface area contributed by atoms with Gasteiger partial charge in [0.25, 0.3) is 0 Å². The van der Waals surface area contributed by atoms with Crippen LogP contribution < -0.4 is 4.90 Å². The lowest BCUT2D eigenvalue weighted by molar-refractivity contribution is -0.128. The van der Waals surface area contributed by atoms with Gasteiger partial charge in [-0.1, -0.05) is 17.7 Å². The molecule has 0 spiro atoms. The normalized spacial score (nSPS) is 15.1. The first kappa shape index (κ1) is 20.3. The molecule has 28 heavy (non-hydrogen) atoms. The second-order valence-electron chi connectivity index (χ2n) is 6.71. The van der Waals surface area contributed by atoms with Gasteiger partial charge in [0.1, 0.15) is 5.75 Å². The van der Waals surface area contributed by atoms with Crippen molar-refractivity contribution < 1.29 is 21.6 Å². The molecule has 2 aromatic carbocycles. The Hall–Kier alpha value is -2.39. The van der Waals surface area contributed by atoms with Gasteiger partial charge in [-0.25, -0.2) is 16.8 Å². The highest BCUT2D eigenvalue weighted by Crippen LogP contribution is 2.19. The Morgan fingerprint density at radius 3 is 2.04 bits per heavy atom. The summed E-state index contributed by atoms with van der Waals surface area (Å²) in [5.41, 5.74) is 1.83. The molecule has 7 nitrogen and oxygen atoms in total. The molecule has 0 bridgehead atoms. The van der Waals surface area contributed by atoms with Crippen LogP contribution in [0.5, 0.6) is 0 Å². The largest absolute Gasteiger partial charge is 0.368 e. The lowest BCUT2D eigenvalue weighted by Gasteiger charge is -2.36. The monoisotopic (exact) mass is 422 g/mol. The molecular formula is C19H22N2O5S2. The Morgan fingerprint density at radius 2 is 1.50 bits per heavy atom. The first-order valence-corrected chi connectivity index (χ1v) is 11.7. The van der Waals surface area contributed by atoms with Crippen molar-refractivity contribution in [3.8, 4) is 0 Å². The average molecular weight is 423 g/mol. The number of piperazine rings is 1. The minimum atomic E-state index is -3.67. The Labute approximate surface area is 166 Å². The molecule has 1 heterocycles. The fraction of sp³-hybridized carbons (Fsp3) is 0.316. The number of hydrogen-bond acceptors (Lipinski definition) is 6. The summed E-state index contributed by atoms with van der Waals surface area (Å²) in [6.45, 7) is 3.81. The number of amides is 1. The van der Waals surface area contributed by atoms with E-state index >= 15 is 0 Å². The smallest absolute Gasteiger partial charge is 0.238 e. The fourth-order valence-corrected chi connectivity index (χ4v) is 4.70. The van der Waals surface area contributed by atoms with E-state index in [1.807, 2.05) is 11.8 Å². The summed E-state index contributed by atoms with van der Waals surface area (Å²) in [6, 6.07) is 13.0. The first-order valence-electron chi connectivity index (χ1n) is 8.83. The number of carbonyl (C=O) groups excluding carboxylic acids is 1. The Morgan fingerprint density at radius 1 is 0.929 bits per heavy atom. The quantitative estimate of drug-likeness (QED) is 0.726. The van der Waals surface area contributed by atoms with Crippen LogP contribution in [0.4, 0.5) is 5.69 Å². The third kappa shape index (κ3) is 4.71. The highest BCUT2D eigenvalue weighted by Gasteiger charge is 2.26. The summed E-state index contributed by atoms with van der Waals surface area (Å²) in [5.74, 6) is -0.944. The van der Waals surface area contributed by atoms with Crippen LogP contribution in [0.25, 0.3) is 0 Å². The number of thiol groups is 1. The van der Waals surface area contributed by atoms with Gasteiger partial charge in [-0.2, -0.15) is 0 Å². The predicted octanol–water partition coefficient (Wildman–Crippen LogP) is 1.09. The topological polar surface area (TPSA) is 91.8 Å². The fourth-order valence-electron chi connectivity index (χ4n) is 3.08. The second kappa shape index (κ2) is 8.32. The number of hydrogen-bond donors (Lipinski definition) is 1. The second-order valence-corrected chi connectivity index (χ2v) is 9.73. The maximum atomic E-state index is 12.5. The van der Waals surface area contributed by atoms with Gasteiger partial charge in [0.05, 0.1) is 9.79 Å². The van der Waals surface area contributed by atoms with E-state index in [4.69, 9.17) is 0 Å². The van der Waals surface area contributed by atoms with E-state index in [0.717, 1.165) is 11.3 Å². The van der Waals surface area contributed by atoms with Crippen LogP contribution >= 0.6 is 0 Å². The predicted molar refractivity (Wildman–Crippen MR) is 107 cm³/mol. The van der Waals surface area contributed by atoms with Crippen LogP contribution in [0.2, 0.25) is 0 Å². The van der Waals surface area contributed by atoms with Crippen LogP contribution in [0.15, 0.2) is 58.3 Å².